The smallest absolute Gasteiger partial charge is 0.289 e. The second-order valence-corrected chi connectivity index (χ2v) is 9.54. The molecular formula is C25H29N5O4S. The number of carbonyl (C=O) groups is 3. The Kier molecular flexibility index (Phi) is 7.94. The van der Waals surface area contributed by atoms with Gasteiger partial charge in [0.1, 0.15) is 11.7 Å². The van der Waals surface area contributed by atoms with Gasteiger partial charge in [0.05, 0.1) is 19.6 Å². The molecule has 0 radical (unpaired) electrons. The highest BCUT2D eigenvalue weighted by Gasteiger charge is 2.25. The summed E-state index contributed by atoms with van der Waals surface area (Å²) < 4.78 is 5.34. The Labute approximate surface area is 207 Å². The van der Waals surface area contributed by atoms with Crippen LogP contribution in [-0.2, 0) is 20.7 Å². The molecule has 35 heavy (non-hydrogen) atoms. The number of nitrogens with zero attached hydrogens (tertiary/aromatic N) is 2. The van der Waals surface area contributed by atoms with Crippen molar-refractivity contribution in [2.24, 2.45) is 5.92 Å². The number of hydrazine groups is 1. The zero-order valence-corrected chi connectivity index (χ0v) is 20.6. The van der Waals surface area contributed by atoms with Gasteiger partial charge in [0.25, 0.3) is 11.8 Å². The van der Waals surface area contributed by atoms with E-state index in [9.17, 15) is 14.4 Å². The first-order valence-electron chi connectivity index (χ1n) is 11.6. The molecule has 3 N–H and O–H groups in total. The lowest BCUT2D eigenvalue weighted by Crippen LogP contribution is -2.54. The summed E-state index contributed by atoms with van der Waals surface area (Å²) in [6.07, 6.45) is 0.150. The third-order valence-corrected chi connectivity index (χ3v) is 6.65. The summed E-state index contributed by atoms with van der Waals surface area (Å²) in [6, 6.07) is 13.0. The summed E-state index contributed by atoms with van der Waals surface area (Å²) in [5.74, 6) is -1.46. The van der Waals surface area contributed by atoms with Gasteiger partial charge in [-0.2, -0.15) is 0 Å². The summed E-state index contributed by atoms with van der Waals surface area (Å²) >= 11 is 1.37. The largest absolute Gasteiger partial charge is 0.378 e. The van der Waals surface area contributed by atoms with E-state index in [-0.39, 0.29) is 23.9 Å². The van der Waals surface area contributed by atoms with Crippen molar-refractivity contribution in [1.29, 1.82) is 0 Å². The maximum Gasteiger partial charge on any atom is 0.289 e. The number of ether oxygens (including phenoxy) is 1. The Balaban J connectivity index is 1.31. The minimum absolute atomic E-state index is 0.150. The van der Waals surface area contributed by atoms with E-state index in [0.29, 0.717) is 13.2 Å². The molecule has 1 unspecified atom stereocenters. The summed E-state index contributed by atoms with van der Waals surface area (Å²) in [5, 5.41) is 7.34. The van der Waals surface area contributed by atoms with Crippen LogP contribution in [0.3, 0.4) is 0 Å². The van der Waals surface area contributed by atoms with E-state index >= 15 is 0 Å². The second kappa shape index (κ2) is 11.3. The number of morpholine rings is 1. The van der Waals surface area contributed by atoms with Gasteiger partial charge in [-0.1, -0.05) is 56.3 Å². The van der Waals surface area contributed by atoms with Crippen molar-refractivity contribution in [3.63, 3.8) is 0 Å². The van der Waals surface area contributed by atoms with Crippen molar-refractivity contribution in [2.75, 3.05) is 31.2 Å². The molecule has 0 spiro atoms. The third-order valence-electron chi connectivity index (χ3n) is 5.75. The molecule has 2 heterocycles. The van der Waals surface area contributed by atoms with Crippen LogP contribution in [0.4, 0.5) is 5.13 Å². The predicted molar refractivity (Wildman–Crippen MR) is 135 cm³/mol. The maximum atomic E-state index is 12.8. The first kappa shape index (κ1) is 24.6. The number of amides is 3. The fraction of sp³-hybridized carbons (Fsp3) is 0.360. The Morgan fingerprint density at radius 1 is 1.06 bits per heavy atom. The number of fused-ring (bicyclic) bond motifs is 1. The zero-order chi connectivity index (χ0) is 24.8. The molecule has 1 saturated heterocycles. The molecule has 4 rings (SSSR count). The van der Waals surface area contributed by atoms with Gasteiger partial charge in [-0.05, 0) is 22.3 Å². The molecule has 1 atom stereocenters. The number of aromatic nitrogens is 1. The van der Waals surface area contributed by atoms with E-state index in [2.05, 4.69) is 26.1 Å². The van der Waals surface area contributed by atoms with Crippen LogP contribution in [0.5, 0.6) is 0 Å². The van der Waals surface area contributed by atoms with Crippen LogP contribution in [0.1, 0.15) is 29.9 Å². The highest BCUT2D eigenvalue weighted by atomic mass is 32.1. The fourth-order valence-electron chi connectivity index (χ4n) is 3.82. The van der Waals surface area contributed by atoms with Crippen molar-refractivity contribution < 1.29 is 19.1 Å². The molecule has 3 amide bonds. The van der Waals surface area contributed by atoms with Gasteiger partial charge in [-0.3, -0.25) is 25.2 Å². The number of nitrogens with one attached hydrogen (secondary N) is 3. The standard InChI is InChI=1S/C25H29N5O4S/c1-16(2)22(27-21(31)14-17-7-8-18-5-3-4-6-19(18)13-17)24(33)29-28-23(32)20-15-35-25(26-20)30-9-11-34-12-10-30/h3-8,13,15-16,22H,9-12,14H2,1-2H3,(H,27,31)(H,28,32)(H,29,33). The molecule has 1 aliphatic heterocycles. The van der Waals surface area contributed by atoms with E-state index in [1.54, 1.807) is 5.38 Å². The number of hydrogen-bond acceptors (Lipinski definition) is 7. The molecule has 3 aromatic rings. The summed E-state index contributed by atoms with van der Waals surface area (Å²) in [5.41, 5.74) is 5.91. The van der Waals surface area contributed by atoms with E-state index in [4.69, 9.17) is 4.74 Å². The normalized spacial score (nSPS) is 14.5. The van der Waals surface area contributed by atoms with E-state index in [1.165, 1.54) is 11.3 Å². The Morgan fingerprint density at radius 2 is 1.80 bits per heavy atom. The number of benzene rings is 2. The van der Waals surface area contributed by atoms with E-state index in [1.807, 2.05) is 56.3 Å². The van der Waals surface area contributed by atoms with Crippen LogP contribution in [0.25, 0.3) is 10.8 Å². The lowest BCUT2D eigenvalue weighted by atomic mass is 10.0. The highest BCUT2D eigenvalue weighted by molar-refractivity contribution is 7.13. The van der Waals surface area contributed by atoms with Crippen LogP contribution in [0.15, 0.2) is 47.8 Å². The van der Waals surface area contributed by atoms with Gasteiger partial charge in [0.2, 0.25) is 5.91 Å². The minimum atomic E-state index is -0.803. The Hall–Kier alpha value is -3.50. The SMILES string of the molecule is CC(C)C(NC(=O)Cc1ccc2ccccc2c1)C(=O)NNC(=O)c1csc(N2CCOCC2)n1. The summed E-state index contributed by atoms with van der Waals surface area (Å²) in [7, 11) is 0. The summed E-state index contributed by atoms with van der Waals surface area (Å²) in [4.78, 5) is 44.4. The minimum Gasteiger partial charge on any atom is -0.378 e. The molecule has 1 fully saturated rings. The van der Waals surface area contributed by atoms with Gasteiger partial charge in [-0.15, -0.1) is 11.3 Å². The number of carbonyl (C=O) groups excluding carboxylic acids is 3. The molecule has 184 valence electrons. The Bertz CT molecular complexity index is 1210. The molecule has 2 aromatic carbocycles. The lowest BCUT2D eigenvalue weighted by molar-refractivity contribution is -0.130. The van der Waals surface area contributed by atoms with Gasteiger partial charge in [-0.25, -0.2) is 4.98 Å². The molecule has 0 saturated carbocycles. The molecule has 1 aliphatic rings. The second-order valence-electron chi connectivity index (χ2n) is 8.71. The van der Waals surface area contributed by atoms with Crippen LogP contribution in [-0.4, -0.2) is 55.1 Å². The topological polar surface area (TPSA) is 113 Å². The third kappa shape index (κ3) is 6.34. The van der Waals surface area contributed by atoms with E-state index in [0.717, 1.165) is 34.6 Å². The van der Waals surface area contributed by atoms with Gasteiger partial charge >= 0.3 is 0 Å². The Morgan fingerprint density at radius 3 is 2.54 bits per heavy atom. The molecular weight excluding hydrogens is 466 g/mol. The average Bonchev–Trinajstić information content (AvgIpc) is 3.36. The highest BCUT2D eigenvalue weighted by Crippen LogP contribution is 2.21. The predicted octanol–water partition coefficient (Wildman–Crippen LogP) is 2.28. The molecule has 0 bridgehead atoms. The van der Waals surface area contributed by atoms with Crippen molar-refractivity contribution >= 4 is 45.0 Å². The first-order chi connectivity index (χ1) is 16.9. The van der Waals surface area contributed by atoms with Crippen molar-refractivity contribution in [1.82, 2.24) is 21.2 Å². The zero-order valence-electron chi connectivity index (χ0n) is 19.7. The molecule has 9 nitrogen and oxygen atoms in total. The molecule has 10 heteroatoms. The van der Waals surface area contributed by atoms with Gasteiger partial charge in [0, 0.05) is 18.5 Å². The van der Waals surface area contributed by atoms with Crippen molar-refractivity contribution in [3.8, 4) is 0 Å². The van der Waals surface area contributed by atoms with Crippen molar-refractivity contribution in [3.05, 3.63) is 59.1 Å². The quantitative estimate of drug-likeness (QED) is 0.434. The van der Waals surface area contributed by atoms with Gasteiger partial charge in [0.15, 0.2) is 5.13 Å². The molecule has 1 aromatic heterocycles. The lowest BCUT2D eigenvalue weighted by Gasteiger charge is -2.25. The van der Waals surface area contributed by atoms with Gasteiger partial charge < -0.3 is 15.0 Å². The fourth-order valence-corrected chi connectivity index (χ4v) is 4.68. The number of rotatable bonds is 7. The van der Waals surface area contributed by atoms with Crippen LogP contribution < -0.4 is 21.1 Å². The first-order valence-corrected chi connectivity index (χ1v) is 12.4. The average molecular weight is 496 g/mol. The van der Waals surface area contributed by atoms with Crippen LogP contribution in [0, 0.1) is 5.92 Å². The maximum absolute atomic E-state index is 12.8. The van der Waals surface area contributed by atoms with Crippen LogP contribution >= 0.6 is 11.3 Å². The monoisotopic (exact) mass is 495 g/mol. The molecule has 0 aliphatic carbocycles. The van der Waals surface area contributed by atoms with Crippen molar-refractivity contribution in [2.45, 2.75) is 26.3 Å². The van der Waals surface area contributed by atoms with E-state index < -0.39 is 17.9 Å². The number of anilines is 1. The van der Waals surface area contributed by atoms with Crippen LogP contribution in [0.2, 0.25) is 0 Å². The number of hydrogen-bond donors (Lipinski definition) is 3. The summed E-state index contributed by atoms with van der Waals surface area (Å²) in [6.45, 7) is 6.36. The number of thiazole rings is 1.